The van der Waals surface area contributed by atoms with Gasteiger partial charge in [0, 0.05) is 17.5 Å². The van der Waals surface area contributed by atoms with E-state index in [1.165, 1.54) is 64.5 Å². The van der Waals surface area contributed by atoms with Crippen molar-refractivity contribution in [3.05, 3.63) is 18.0 Å². The van der Waals surface area contributed by atoms with Crippen LogP contribution in [0.3, 0.4) is 0 Å². The minimum absolute atomic E-state index is 0.416. The summed E-state index contributed by atoms with van der Waals surface area (Å²) in [7, 11) is 0. The lowest BCUT2D eigenvalue weighted by Crippen LogP contribution is -2.48. The Bertz CT molecular complexity index is 750. The van der Waals surface area contributed by atoms with Crippen molar-refractivity contribution >= 4 is 11.5 Å². The Morgan fingerprint density at radius 3 is 2.52 bits per heavy atom. The van der Waals surface area contributed by atoms with Crippen LogP contribution in [0.4, 0.5) is 5.82 Å². The third kappa shape index (κ3) is 2.90. The number of nitrogens with one attached hydrogen (secondary N) is 1. The fraction of sp³-hybridized carbons (Fsp3) is 0.737. The molecule has 1 aliphatic heterocycles. The molecule has 3 heterocycles. The number of hydrogen-bond acceptors (Lipinski definition) is 5. The lowest BCUT2D eigenvalue weighted by Gasteiger charge is -2.44. The Kier molecular flexibility index (Phi) is 3.69. The first-order valence-electron chi connectivity index (χ1n) is 9.95. The van der Waals surface area contributed by atoms with Gasteiger partial charge in [-0.1, -0.05) is 0 Å². The smallest absolute Gasteiger partial charge is 0.178 e. The summed E-state index contributed by atoms with van der Waals surface area (Å²) in [5.41, 5.74) is 1.28. The van der Waals surface area contributed by atoms with Crippen molar-refractivity contribution in [1.82, 2.24) is 24.7 Å². The zero-order valence-corrected chi connectivity index (χ0v) is 15.1. The van der Waals surface area contributed by atoms with Gasteiger partial charge in [-0.25, -0.2) is 0 Å². The van der Waals surface area contributed by atoms with E-state index in [9.17, 15) is 0 Å². The van der Waals surface area contributed by atoms with Crippen LogP contribution >= 0.6 is 0 Å². The number of fused-ring (bicyclic) bond motifs is 1. The van der Waals surface area contributed by atoms with Crippen LogP contribution in [0.1, 0.15) is 70.0 Å². The molecule has 3 fully saturated rings. The Morgan fingerprint density at radius 2 is 1.80 bits per heavy atom. The van der Waals surface area contributed by atoms with E-state index in [2.05, 4.69) is 33.4 Å². The van der Waals surface area contributed by atoms with Crippen molar-refractivity contribution in [2.75, 3.05) is 18.4 Å². The van der Waals surface area contributed by atoms with Crippen molar-refractivity contribution in [3.8, 4) is 0 Å². The summed E-state index contributed by atoms with van der Waals surface area (Å²) in [5, 5.41) is 17.0. The van der Waals surface area contributed by atoms with Crippen molar-refractivity contribution in [3.63, 3.8) is 0 Å². The summed E-state index contributed by atoms with van der Waals surface area (Å²) in [6, 6.07) is 4.61. The first-order chi connectivity index (χ1) is 12.2. The van der Waals surface area contributed by atoms with E-state index in [1.54, 1.807) is 0 Å². The Balaban J connectivity index is 1.26. The molecule has 0 aromatic carbocycles. The minimum atomic E-state index is 0.416. The second kappa shape index (κ2) is 5.94. The molecule has 2 aromatic rings. The van der Waals surface area contributed by atoms with Crippen LogP contribution < -0.4 is 5.32 Å². The van der Waals surface area contributed by atoms with Crippen molar-refractivity contribution < 1.29 is 0 Å². The topological polar surface area (TPSA) is 58.3 Å². The van der Waals surface area contributed by atoms with Gasteiger partial charge in [-0.05, 0) is 83.5 Å². The Labute approximate surface area is 149 Å². The van der Waals surface area contributed by atoms with Crippen LogP contribution in [0, 0.1) is 0 Å². The van der Waals surface area contributed by atoms with Gasteiger partial charge >= 0.3 is 0 Å². The van der Waals surface area contributed by atoms with E-state index in [0.29, 0.717) is 17.5 Å². The summed E-state index contributed by atoms with van der Waals surface area (Å²) in [6.07, 6.45) is 10.2. The predicted molar refractivity (Wildman–Crippen MR) is 97.8 cm³/mol. The number of rotatable bonds is 4. The summed E-state index contributed by atoms with van der Waals surface area (Å²) in [5.74, 6) is 2.56. The van der Waals surface area contributed by atoms with E-state index < -0.39 is 0 Å². The summed E-state index contributed by atoms with van der Waals surface area (Å²) < 4.78 is 1.94. The molecule has 0 radical (unpaired) electrons. The first-order valence-corrected chi connectivity index (χ1v) is 9.95. The molecule has 1 saturated heterocycles. The molecule has 2 aromatic heterocycles. The molecule has 0 spiro atoms. The Hall–Kier alpha value is -1.69. The van der Waals surface area contributed by atoms with Gasteiger partial charge in [0.2, 0.25) is 0 Å². The molecule has 0 unspecified atom stereocenters. The monoisotopic (exact) mass is 340 g/mol. The third-order valence-corrected chi connectivity index (χ3v) is 6.51. The molecule has 0 atom stereocenters. The fourth-order valence-corrected chi connectivity index (χ4v) is 4.64. The second-order valence-corrected chi connectivity index (χ2v) is 8.43. The van der Waals surface area contributed by atoms with Gasteiger partial charge in [-0.3, -0.25) is 4.90 Å². The van der Waals surface area contributed by atoms with E-state index in [1.807, 2.05) is 10.6 Å². The van der Waals surface area contributed by atoms with Gasteiger partial charge in [-0.2, -0.15) is 4.52 Å². The van der Waals surface area contributed by atoms with E-state index in [-0.39, 0.29) is 0 Å². The number of anilines is 1. The SMILES string of the molecule is CC1(N2CCCC2)CCC(Nc2ccc3nnc(C4CC4)n3n2)CC1. The normalized spacial score (nSPS) is 30.8. The van der Waals surface area contributed by atoms with Crippen LogP contribution in [0.5, 0.6) is 0 Å². The van der Waals surface area contributed by atoms with Crippen LogP contribution in [-0.2, 0) is 0 Å². The fourth-order valence-electron chi connectivity index (χ4n) is 4.64. The van der Waals surface area contributed by atoms with E-state index in [0.717, 1.165) is 17.3 Å². The summed E-state index contributed by atoms with van der Waals surface area (Å²) >= 11 is 0. The quantitative estimate of drug-likeness (QED) is 0.926. The number of aromatic nitrogens is 4. The molecule has 3 aliphatic rings. The zero-order valence-electron chi connectivity index (χ0n) is 15.1. The van der Waals surface area contributed by atoms with Gasteiger partial charge in [0.25, 0.3) is 0 Å². The highest BCUT2D eigenvalue weighted by atomic mass is 15.4. The summed E-state index contributed by atoms with van der Waals surface area (Å²) in [6.45, 7) is 5.06. The van der Waals surface area contributed by atoms with Crippen LogP contribution in [0.2, 0.25) is 0 Å². The average molecular weight is 340 g/mol. The molecule has 25 heavy (non-hydrogen) atoms. The molecule has 134 valence electrons. The highest BCUT2D eigenvalue weighted by Gasteiger charge is 2.37. The van der Waals surface area contributed by atoms with Crippen molar-refractivity contribution in [2.24, 2.45) is 0 Å². The molecule has 6 heteroatoms. The first kappa shape index (κ1) is 15.6. The number of nitrogens with zero attached hydrogens (tertiary/aromatic N) is 5. The van der Waals surface area contributed by atoms with Gasteiger partial charge in [0.1, 0.15) is 5.82 Å². The molecule has 5 rings (SSSR count). The number of hydrogen-bond donors (Lipinski definition) is 1. The molecule has 1 N–H and O–H groups in total. The van der Waals surface area contributed by atoms with E-state index in [4.69, 9.17) is 5.10 Å². The predicted octanol–water partition coefficient (Wildman–Crippen LogP) is 3.21. The molecule has 2 aliphatic carbocycles. The largest absolute Gasteiger partial charge is 0.366 e. The molecule has 6 nitrogen and oxygen atoms in total. The molecule has 2 saturated carbocycles. The van der Waals surface area contributed by atoms with Gasteiger partial charge in [-0.15, -0.1) is 15.3 Å². The minimum Gasteiger partial charge on any atom is -0.366 e. The second-order valence-electron chi connectivity index (χ2n) is 8.43. The average Bonchev–Trinajstić information content (AvgIpc) is 3.15. The number of likely N-dealkylation sites (tertiary alicyclic amines) is 1. The Morgan fingerprint density at radius 1 is 1.04 bits per heavy atom. The van der Waals surface area contributed by atoms with Gasteiger partial charge < -0.3 is 5.32 Å². The van der Waals surface area contributed by atoms with Crippen molar-refractivity contribution in [1.29, 1.82) is 0 Å². The molecule has 0 bridgehead atoms. The summed E-state index contributed by atoms with van der Waals surface area (Å²) in [4.78, 5) is 2.73. The highest BCUT2D eigenvalue weighted by Crippen LogP contribution is 2.39. The maximum Gasteiger partial charge on any atom is 0.178 e. The lowest BCUT2D eigenvalue weighted by molar-refractivity contribution is 0.0873. The lowest BCUT2D eigenvalue weighted by atomic mass is 9.79. The standard InChI is InChI=1S/C19H28N6/c1-19(24-12-2-3-13-24)10-8-15(9-11-19)20-16-6-7-17-21-22-18(14-4-5-14)25(17)23-16/h6-7,14-15H,2-5,8-13H2,1H3,(H,20,23). The third-order valence-electron chi connectivity index (χ3n) is 6.51. The van der Waals surface area contributed by atoms with Gasteiger partial charge in [0.05, 0.1) is 0 Å². The van der Waals surface area contributed by atoms with Crippen molar-refractivity contribution in [2.45, 2.75) is 75.8 Å². The van der Waals surface area contributed by atoms with Crippen LogP contribution in [0.25, 0.3) is 5.65 Å². The molecule has 0 amide bonds. The highest BCUT2D eigenvalue weighted by molar-refractivity contribution is 5.45. The van der Waals surface area contributed by atoms with E-state index >= 15 is 0 Å². The maximum absolute atomic E-state index is 4.77. The maximum atomic E-state index is 4.77. The van der Waals surface area contributed by atoms with Crippen LogP contribution in [0.15, 0.2) is 12.1 Å². The zero-order chi connectivity index (χ0) is 16.9. The molecular weight excluding hydrogens is 312 g/mol. The van der Waals surface area contributed by atoms with Crippen LogP contribution in [-0.4, -0.2) is 49.4 Å². The van der Waals surface area contributed by atoms with Gasteiger partial charge in [0.15, 0.2) is 11.5 Å². The molecular formula is C19H28N6.